The molecule has 0 saturated carbocycles. The number of carbonyl (C=O) groups is 1. The standard InChI is InChI=1S/C16H16F3N3O2/c17-16(18,19)13-10(7-12(20)24)15-11(23)4-2-6-22(15)14(13)9-3-1-5-21-8-9/h1,3,5,8,11,23H,2,4,6-7H2,(H2,20,24). The van der Waals surface area contributed by atoms with Crippen molar-refractivity contribution in [3.63, 3.8) is 0 Å². The summed E-state index contributed by atoms with van der Waals surface area (Å²) in [6.45, 7) is 0.332. The van der Waals surface area contributed by atoms with E-state index in [4.69, 9.17) is 5.73 Å². The van der Waals surface area contributed by atoms with Gasteiger partial charge in [-0.3, -0.25) is 9.78 Å². The van der Waals surface area contributed by atoms with Gasteiger partial charge in [-0.15, -0.1) is 0 Å². The molecule has 5 nitrogen and oxygen atoms in total. The van der Waals surface area contributed by atoms with E-state index in [0.717, 1.165) is 0 Å². The lowest BCUT2D eigenvalue weighted by molar-refractivity contribution is -0.137. The zero-order chi connectivity index (χ0) is 17.5. The zero-order valence-electron chi connectivity index (χ0n) is 12.7. The molecule has 24 heavy (non-hydrogen) atoms. The number of hydrogen-bond donors (Lipinski definition) is 2. The first-order valence-electron chi connectivity index (χ1n) is 7.50. The van der Waals surface area contributed by atoms with Crippen LogP contribution in [0.1, 0.15) is 35.8 Å². The maximum Gasteiger partial charge on any atom is 0.418 e. The predicted molar refractivity (Wildman–Crippen MR) is 79.8 cm³/mol. The van der Waals surface area contributed by atoms with Crippen molar-refractivity contribution in [2.45, 2.75) is 38.1 Å². The van der Waals surface area contributed by atoms with E-state index in [1.54, 1.807) is 6.07 Å². The van der Waals surface area contributed by atoms with Crippen LogP contribution in [0.15, 0.2) is 24.5 Å². The minimum Gasteiger partial charge on any atom is -0.387 e. The molecule has 2 aromatic rings. The SMILES string of the molecule is NC(=O)Cc1c(C(F)(F)F)c(-c2cccnc2)n2c1C(O)CCC2. The Morgan fingerprint density at radius 2 is 2.21 bits per heavy atom. The predicted octanol–water partition coefficient (Wildman–Crippen LogP) is 2.42. The van der Waals surface area contributed by atoms with E-state index in [2.05, 4.69) is 4.98 Å². The minimum absolute atomic E-state index is 0.0689. The van der Waals surface area contributed by atoms with Crippen LogP contribution in [0.4, 0.5) is 13.2 Å². The fourth-order valence-electron chi connectivity index (χ4n) is 3.34. The summed E-state index contributed by atoms with van der Waals surface area (Å²) in [5.41, 5.74) is 4.36. The molecule has 0 aliphatic carbocycles. The first-order chi connectivity index (χ1) is 11.3. The van der Waals surface area contributed by atoms with Gasteiger partial charge in [-0.2, -0.15) is 13.2 Å². The van der Waals surface area contributed by atoms with Gasteiger partial charge in [0, 0.05) is 24.5 Å². The summed E-state index contributed by atoms with van der Waals surface area (Å²) in [5, 5.41) is 10.2. The van der Waals surface area contributed by atoms with Crippen molar-refractivity contribution in [1.29, 1.82) is 0 Å². The molecule has 3 rings (SSSR count). The largest absolute Gasteiger partial charge is 0.418 e. The van der Waals surface area contributed by atoms with E-state index in [-0.39, 0.29) is 22.5 Å². The van der Waals surface area contributed by atoms with Crippen LogP contribution in [0.2, 0.25) is 0 Å². The van der Waals surface area contributed by atoms with Crippen LogP contribution in [0.3, 0.4) is 0 Å². The molecule has 0 bridgehead atoms. The number of rotatable bonds is 3. The Labute approximate surface area is 135 Å². The zero-order valence-corrected chi connectivity index (χ0v) is 12.7. The molecule has 1 aliphatic heterocycles. The van der Waals surface area contributed by atoms with E-state index >= 15 is 0 Å². The second kappa shape index (κ2) is 5.94. The van der Waals surface area contributed by atoms with Crippen molar-refractivity contribution in [1.82, 2.24) is 9.55 Å². The van der Waals surface area contributed by atoms with Crippen LogP contribution in [0.5, 0.6) is 0 Å². The molecule has 1 aliphatic rings. The maximum absolute atomic E-state index is 13.8. The Morgan fingerprint density at radius 1 is 1.46 bits per heavy atom. The highest BCUT2D eigenvalue weighted by Gasteiger charge is 2.43. The normalized spacial score (nSPS) is 17.6. The summed E-state index contributed by atoms with van der Waals surface area (Å²) < 4.78 is 42.8. The number of nitrogens with zero attached hydrogens (tertiary/aromatic N) is 2. The molecule has 8 heteroatoms. The Hall–Kier alpha value is -2.35. The molecule has 1 amide bonds. The van der Waals surface area contributed by atoms with Gasteiger partial charge >= 0.3 is 6.18 Å². The van der Waals surface area contributed by atoms with E-state index in [9.17, 15) is 23.1 Å². The van der Waals surface area contributed by atoms with E-state index in [0.29, 0.717) is 19.4 Å². The van der Waals surface area contributed by atoms with Crippen molar-refractivity contribution in [3.8, 4) is 11.3 Å². The van der Waals surface area contributed by atoms with Gasteiger partial charge in [0.1, 0.15) is 0 Å². The molecule has 2 aromatic heterocycles. The lowest BCUT2D eigenvalue weighted by Crippen LogP contribution is -2.20. The summed E-state index contributed by atoms with van der Waals surface area (Å²) in [6, 6.07) is 3.07. The molecular formula is C16H16F3N3O2. The highest BCUT2D eigenvalue weighted by atomic mass is 19.4. The Balaban J connectivity index is 2.37. The monoisotopic (exact) mass is 339 g/mol. The van der Waals surface area contributed by atoms with Crippen LogP contribution in [0, 0.1) is 0 Å². The lowest BCUT2D eigenvalue weighted by atomic mass is 9.98. The van der Waals surface area contributed by atoms with E-state index in [1.165, 1.54) is 23.0 Å². The lowest BCUT2D eigenvalue weighted by Gasteiger charge is -2.23. The smallest absolute Gasteiger partial charge is 0.387 e. The van der Waals surface area contributed by atoms with Crippen molar-refractivity contribution in [2.24, 2.45) is 5.73 Å². The summed E-state index contributed by atoms with van der Waals surface area (Å²) in [7, 11) is 0. The average molecular weight is 339 g/mol. The number of pyridine rings is 1. The van der Waals surface area contributed by atoms with Crippen molar-refractivity contribution in [2.75, 3.05) is 0 Å². The Kier molecular flexibility index (Phi) is 4.08. The first kappa shape index (κ1) is 16.5. The Bertz CT molecular complexity index is 769. The first-order valence-corrected chi connectivity index (χ1v) is 7.50. The van der Waals surface area contributed by atoms with E-state index in [1.807, 2.05) is 0 Å². The van der Waals surface area contributed by atoms with Gasteiger partial charge in [0.25, 0.3) is 0 Å². The number of hydrogen-bond acceptors (Lipinski definition) is 3. The number of aliphatic hydroxyl groups is 1. The number of carbonyl (C=O) groups excluding carboxylic acids is 1. The number of aromatic nitrogens is 2. The van der Waals surface area contributed by atoms with Crippen LogP contribution in [0.25, 0.3) is 11.3 Å². The van der Waals surface area contributed by atoms with Crippen molar-refractivity contribution < 1.29 is 23.1 Å². The molecule has 0 saturated heterocycles. The average Bonchev–Trinajstić information content (AvgIpc) is 2.83. The number of primary amides is 1. The third-order valence-corrected chi connectivity index (χ3v) is 4.15. The summed E-state index contributed by atoms with van der Waals surface area (Å²) in [6.07, 6.45) is -2.60. The Morgan fingerprint density at radius 3 is 2.79 bits per heavy atom. The molecule has 3 N–H and O–H groups in total. The number of alkyl halides is 3. The van der Waals surface area contributed by atoms with Gasteiger partial charge in [-0.1, -0.05) is 0 Å². The second-order valence-electron chi connectivity index (χ2n) is 5.78. The highest BCUT2D eigenvalue weighted by molar-refractivity contribution is 5.80. The quantitative estimate of drug-likeness (QED) is 0.901. The molecular weight excluding hydrogens is 323 g/mol. The maximum atomic E-state index is 13.8. The van der Waals surface area contributed by atoms with Crippen LogP contribution in [-0.2, 0) is 23.9 Å². The molecule has 0 radical (unpaired) electrons. The third kappa shape index (κ3) is 2.77. The number of aliphatic hydroxyl groups excluding tert-OH is 1. The third-order valence-electron chi connectivity index (χ3n) is 4.15. The minimum atomic E-state index is -4.68. The second-order valence-corrected chi connectivity index (χ2v) is 5.78. The fraction of sp³-hybridized carbons (Fsp3) is 0.375. The number of amides is 1. The van der Waals surface area contributed by atoms with Gasteiger partial charge < -0.3 is 15.4 Å². The molecule has 3 heterocycles. The van der Waals surface area contributed by atoms with Gasteiger partial charge in [0.05, 0.1) is 29.5 Å². The molecule has 0 spiro atoms. The van der Waals surface area contributed by atoms with E-state index < -0.39 is 30.2 Å². The van der Waals surface area contributed by atoms with Crippen molar-refractivity contribution >= 4 is 5.91 Å². The number of fused-ring (bicyclic) bond motifs is 1. The molecule has 128 valence electrons. The van der Waals surface area contributed by atoms with Gasteiger partial charge in [-0.25, -0.2) is 0 Å². The van der Waals surface area contributed by atoms with Crippen LogP contribution < -0.4 is 5.73 Å². The fourth-order valence-corrected chi connectivity index (χ4v) is 3.34. The number of nitrogens with two attached hydrogens (primary N) is 1. The summed E-state index contributed by atoms with van der Waals surface area (Å²) in [4.78, 5) is 15.2. The van der Waals surface area contributed by atoms with Crippen LogP contribution in [-0.4, -0.2) is 20.6 Å². The van der Waals surface area contributed by atoms with Crippen LogP contribution >= 0.6 is 0 Å². The summed E-state index contributed by atoms with van der Waals surface area (Å²) >= 11 is 0. The van der Waals surface area contributed by atoms with Gasteiger partial charge in [0.15, 0.2) is 0 Å². The van der Waals surface area contributed by atoms with Gasteiger partial charge in [0.2, 0.25) is 5.91 Å². The topological polar surface area (TPSA) is 81.1 Å². The summed E-state index contributed by atoms with van der Waals surface area (Å²) in [5.74, 6) is -0.871. The molecule has 1 unspecified atom stereocenters. The van der Waals surface area contributed by atoms with Gasteiger partial charge in [-0.05, 0) is 30.5 Å². The highest BCUT2D eigenvalue weighted by Crippen LogP contribution is 2.46. The number of halogens is 3. The van der Waals surface area contributed by atoms with Crippen molar-refractivity contribution in [3.05, 3.63) is 41.3 Å². The molecule has 1 atom stereocenters. The molecule has 0 fully saturated rings. The molecule has 0 aromatic carbocycles.